The summed E-state index contributed by atoms with van der Waals surface area (Å²) in [5, 5.41) is 3.46. The Labute approximate surface area is 215 Å². The van der Waals surface area contributed by atoms with Crippen molar-refractivity contribution in [1.82, 2.24) is 0 Å². The van der Waals surface area contributed by atoms with Crippen LogP contribution in [0.5, 0.6) is 0 Å². The van der Waals surface area contributed by atoms with Crippen LogP contribution in [-0.2, 0) is 6.42 Å². The van der Waals surface area contributed by atoms with Crippen molar-refractivity contribution >= 4 is 28.6 Å². The molecule has 0 atom stereocenters. The van der Waals surface area contributed by atoms with Crippen molar-refractivity contribution in [3.05, 3.63) is 113 Å². The number of nitrogens with one attached hydrogen (secondary N) is 1. The Morgan fingerprint density at radius 2 is 1.19 bits per heavy atom. The van der Waals surface area contributed by atoms with E-state index in [-0.39, 0.29) is 0 Å². The monoisotopic (exact) mass is 473 g/mol. The maximum atomic E-state index is 4.94. The van der Waals surface area contributed by atoms with Gasteiger partial charge in [0.05, 0.1) is 11.4 Å². The zero-order valence-electron chi connectivity index (χ0n) is 22.2. The van der Waals surface area contributed by atoms with Gasteiger partial charge in [-0.3, -0.25) is 4.99 Å². The lowest BCUT2D eigenvalue weighted by atomic mass is 9.98. The average molecular weight is 474 g/mol. The molecule has 4 aromatic rings. The van der Waals surface area contributed by atoms with E-state index in [0.717, 1.165) is 46.2 Å². The number of aryl methyl sites for hydroxylation is 4. The third-order valence-corrected chi connectivity index (χ3v) is 6.48. The third-order valence-electron chi connectivity index (χ3n) is 6.48. The summed E-state index contributed by atoms with van der Waals surface area (Å²) in [4.78, 5) is 9.78. The average Bonchev–Trinajstić information content (AvgIpc) is 2.84. The maximum Gasteiger partial charge on any atom is 0.103 e. The summed E-state index contributed by atoms with van der Waals surface area (Å²) in [6.45, 7) is 12.7. The molecule has 0 saturated carbocycles. The molecule has 1 N–H and O–H groups in total. The minimum atomic E-state index is 0.862. The van der Waals surface area contributed by atoms with Crippen LogP contribution < -0.4 is 5.32 Å². The highest BCUT2D eigenvalue weighted by Crippen LogP contribution is 2.28. The van der Waals surface area contributed by atoms with Gasteiger partial charge >= 0.3 is 0 Å². The van der Waals surface area contributed by atoms with Gasteiger partial charge < -0.3 is 5.32 Å². The molecule has 3 heteroatoms. The van der Waals surface area contributed by atoms with E-state index in [4.69, 9.17) is 9.98 Å². The largest absolute Gasteiger partial charge is 0.344 e. The Balaban J connectivity index is 1.54. The Hall–Kier alpha value is -3.98. The number of hydrogen-bond acceptors (Lipinski definition) is 2. The molecule has 0 aromatic heterocycles. The van der Waals surface area contributed by atoms with Crippen LogP contribution in [0.2, 0.25) is 0 Å². The molecule has 0 amide bonds. The lowest BCUT2D eigenvalue weighted by Gasteiger charge is -2.11. The summed E-state index contributed by atoms with van der Waals surface area (Å²) in [6.07, 6.45) is 0.862. The van der Waals surface area contributed by atoms with Crippen molar-refractivity contribution in [3.8, 4) is 11.1 Å². The molecule has 3 nitrogen and oxygen atoms in total. The molecule has 36 heavy (non-hydrogen) atoms. The fourth-order valence-electron chi connectivity index (χ4n) is 4.56. The first kappa shape index (κ1) is 25.1. The van der Waals surface area contributed by atoms with E-state index < -0.39 is 0 Å². The summed E-state index contributed by atoms with van der Waals surface area (Å²) >= 11 is 0. The highest BCUT2D eigenvalue weighted by atomic mass is 15.0. The summed E-state index contributed by atoms with van der Waals surface area (Å²) in [5.74, 6) is 0.866. The van der Waals surface area contributed by atoms with Crippen LogP contribution in [0.15, 0.2) is 94.9 Å². The number of nitrogens with zero attached hydrogens (tertiary/aromatic N) is 2. The van der Waals surface area contributed by atoms with Crippen molar-refractivity contribution < 1.29 is 0 Å². The van der Waals surface area contributed by atoms with Gasteiger partial charge in [0.1, 0.15) is 5.84 Å². The van der Waals surface area contributed by atoms with Gasteiger partial charge in [-0.1, -0.05) is 60.7 Å². The van der Waals surface area contributed by atoms with Gasteiger partial charge in [-0.2, -0.15) is 0 Å². The lowest BCUT2D eigenvalue weighted by molar-refractivity contribution is 1.19. The van der Waals surface area contributed by atoms with Crippen molar-refractivity contribution in [1.29, 1.82) is 0 Å². The standard InChI is InChI=1S/C33H35N3/c1-22-11-7-12-23(2)32(22)19-26(5)34-30-17-9-15-28(20-30)29-16-10-18-31(21-29)35-27(6)36-33-24(3)13-8-14-25(33)4/h7-18,20-21H,19H2,1-6H3,(H,35,36). The second kappa shape index (κ2) is 11.2. The van der Waals surface area contributed by atoms with Crippen LogP contribution in [0.1, 0.15) is 41.7 Å². The molecule has 0 aliphatic carbocycles. The van der Waals surface area contributed by atoms with Crippen LogP contribution in [0.4, 0.5) is 17.1 Å². The summed E-state index contributed by atoms with van der Waals surface area (Å²) in [7, 11) is 0. The summed E-state index contributed by atoms with van der Waals surface area (Å²) in [5.41, 5.74) is 12.8. The Morgan fingerprint density at radius 1 is 0.639 bits per heavy atom. The molecule has 4 rings (SSSR count). The van der Waals surface area contributed by atoms with Gasteiger partial charge in [-0.05, 0) is 105 Å². The zero-order valence-corrected chi connectivity index (χ0v) is 22.2. The fourth-order valence-corrected chi connectivity index (χ4v) is 4.56. The molecular weight excluding hydrogens is 438 g/mol. The highest BCUT2D eigenvalue weighted by Gasteiger charge is 2.06. The first-order valence-corrected chi connectivity index (χ1v) is 12.5. The molecule has 0 radical (unpaired) electrons. The number of anilines is 1. The predicted molar refractivity (Wildman–Crippen MR) is 157 cm³/mol. The van der Waals surface area contributed by atoms with Crippen LogP contribution in [-0.4, -0.2) is 11.5 Å². The van der Waals surface area contributed by atoms with Gasteiger partial charge in [0.25, 0.3) is 0 Å². The van der Waals surface area contributed by atoms with Crippen molar-refractivity contribution in [2.45, 2.75) is 48.0 Å². The highest BCUT2D eigenvalue weighted by molar-refractivity contribution is 5.96. The van der Waals surface area contributed by atoms with Crippen LogP contribution in [0, 0.1) is 27.7 Å². The SMILES string of the molecule is CC(Cc1c(C)cccc1C)=Nc1cccc(-c2cccc(NC(C)=Nc3c(C)cccc3C)c2)c1. The number of benzene rings is 4. The summed E-state index contributed by atoms with van der Waals surface area (Å²) < 4.78 is 0. The Kier molecular flexibility index (Phi) is 7.80. The fraction of sp³-hybridized carbons (Fsp3) is 0.212. The Bertz CT molecular complexity index is 1400. The summed E-state index contributed by atoms with van der Waals surface area (Å²) in [6, 6.07) is 29.6. The number of amidine groups is 1. The predicted octanol–water partition coefficient (Wildman–Crippen LogP) is 9.08. The van der Waals surface area contributed by atoms with Crippen molar-refractivity contribution in [2.24, 2.45) is 9.98 Å². The van der Waals surface area contributed by atoms with Gasteiger partial charge in [-0.15, -0.1) is 0 Å². The van der Waals surface area contributed by atoms with Crippen LogP contribution in [0.25, 0.3) is 11.1 Å². The van der Waals surface area contributed by atoms with Gasteiger partial charge in [0.15, 0.2) is 0 Å². The molecule has 4 aromatic carbocycles. The molecular formula is C33H35N3. The zero-order chi connectivity index (χ0) is 25.7. The van der Waals surface area contributed by atoms with Crippen LogP contribution in [0.3, 0.4) is 0 Å². The lowest BCUT2D eigenvalue weighted by Crippen LogP contribution is -2.07. The van der Waals surface area contributed by atoms with E-state index in [1.54, 1.807) is 0 Å². The van der Waals surface area contributed by atoms with Gasteiger partial charge in [-0.25, -0.2) is 4.99 Å². The van der Waals surface area contributed by atoms with E-state index in [2.05, 4.69) is 125 Å². The van der Waals surface area contributed by atoms with E-state index in [1.165, 1.54) is 27.8 Å². The normalized spacial score (nSPS) is 12.1. The van der Waals surface area contributed by atoms with E-state index in [0.29, 0.717) is 0 Å². The third kappa shape index (κ3) is 6.17. The van der Waals surface area contributed by atoms with Crippen molar-refractivity contribution in [2.75, 3.05) is 5.32 Å². The first-order chi connectivity index (χ1) is 17.3. The number of rotatable bonds is 6. The minimum Gasteiger partial charge on any atom is -0.344 e. The number of aliphatic imine (C=N–C) groups is 2. The molecule has 0 fully saturated rings. The molecule has 0 bridgehead atoms. The molecule has 0 aliphatic rings. The maximum absolute atomic E-state index is 4.94. The van der Waals surface area contributed by atoms with Crippen LogP contribution >= 0.6 is 0 Å². The second-order valence-corrected chi connectivity index (χ2v) is 9.59. The number of para-hydroxylation sites is 1. The smallest absolute Gasteiger partial charge is 0.103 e. The molecule has 0 aliphatic heterocycles. The van der Waals surface area contributed by atoms with Gasteiger partial charge in [0.2, 0.25) is 0 Å². The molecule has 182 valence electrons. The minimum absolute atomic E-state index is 0.862. The molecule has 0 spiro atoms. The first-order valence-electron chi connectivity index (χ1n) is 12.5. The molecule has 0 heterocycles. The molecule has 0 saturated heterocycles. The van der Waals surface area contributed by atoms with Gasteiger partial charge in [0, 0.05) is 17.8 Å². The second-order valence-electron chi connectivity index (χ2n) is 9.59. The van der Waals surface area contributed by atoms with Crippen molar-refractivity contribution in [3.63, 3.8) is 0 Å². The van der Waals surface area contributed by atoms with E-state index in [9.17, 15) is 0 Å². The topological polar surface area (TPSA) is 36.8 Å². The van der Waals surface area contributed by atoms with E-state index in [1.807, 2.05) is 6.92 Å². The molecule has 0 unspecified atom stereocenters. The quantitative estimate of drug-likeness (QED) is 0.220. The van der Waals surface area contributed by atoms with E-state index >= 15 is 0 Å². The number of hydrogen-bond donors (Lipinski definition) is 1. The Morgan fingerprint density at radius 3 is 1.86 bits per heavy atom.